The summed E-state index contributed by atoms with van der Waals surface area (Å²) in [6, 6.07) is 2.18. The largest absolute Gasteiger partial charge is 0.381 e. The lowest BCUT2D eigenvalue weighted by Gasteiger charge is -2.21. The Bertz CT molecular complexity index is 441. The predicted octanol–water partition coefficient (Wildman–Crippen LogP) is 5.93. The lowest BCUT2D eigenvalue weighted by atomic mass is 9.97. The van der Waals surface area contributed by atoms with Gasteiger partial charge in [-0.3, -0.25) is 9.18 Å². The highest BCUT2D eigenvalue weighted by molar-refractivity contribution is 6.32. The van der Waals surface area contributed by atoms with E-state index in [1.165, 1.54) is 6.42 Å². The Morgan fingerprint density at radius 1 is 1.35 bits per heavy atom. The molecular weight excluding hydrogens is 315 g/mol. The van der Waals surface area contributed by atoms with Crippen LogP contribution in [0.3, 0.4) is 0 Å². The zero-order chi connectivity index (χ0) is 17.7. The van der Waals surface area contributed by atoms with Crippen LogP contribution in [-0.2, 0) is 0 Å². The Kier molecular flexibility index (Phi) is 12.6. The quantitative estimate of drug-likeness (QED) is 0.564. The number of carbonyl (C=O) groups is 1. The van der Waals surface area contributed by atoms with Gasteiger partial charge in [-0.2, -0.15) is 0 Å². The van der Waals surface area contributed by atoms with E-state index in [1.807, 2.05) is 6.92 Å². The fraction of sp³-hybridized carbons (Fsp3) is 0.667. The molecule has 0 fully saturated rings. The molecule has 0 aliphatic heterocycles. The molecule has 2 atom stereocenters. The lowest BCUT2D eigenvalue weighted by molar-refractivity contribution is 0.111. The second kappa shape index (κ2) is 13.3. The van der Waals surface area contributed by atoms with Gasteiger partial charge in [-0.1, -0.05) is 52.1 Å². The van der Waals surface area contributed by atoms with Gasteiger partial charge in [0.2, 0.25) is 0 Å². The van der Waals surface area contributed by atoms with Crippen LogP contribution in [0.1, 0.15) is 70.3 Å². The lowest BCUT2D eigenvalue weighted by Crippen LogP contribution is -2.21. The number of hydrogen-bond donors (Lipinski definition) is 1. The van der Waals surface area contributed by atoms with Crippen molar-refractivity contribution in [2.75, 3.05) is 12.0 Å². The minimum atomic E-state index is -0.156. The van der Waals surface area contributed by atoms with Crippen LogP contribution in [0.25, 0.3) is 0 Å². The van der Waals surface area contributed by atoms with E-state index < -0.39 is 0 Å². The molecule has 1 rings (SSSR count). The highest BCUT2D eigenvalue weighted by Gasteiger charge is 2.11. The number of unbranched alkanes of at least 4 members (excludes halogenated alkanes) is 1. The first-order valence-corrected chi connectivity index (χ1v) is 8.83. The van der Waals surface area contributed by atoms with Gasteiger partial charge in [-0.05, 0) is 31.2 Å². The van der Waals surface area contributed by atoms with E-state index in [1.54, 1.807) is 12.3 Å². The van der Waals surface area contributed by atoms with Gasteiger partial charge >= 0.3 is 0 Å². The minimum Gasteiger partial charge on any atom is -0.381 e. The maximum Gasteiger partial charge on any atom is 0.169 e. The van der Waals surface area contributed by atoms with Crippen molar-refractivity contribution in [1.82, 2.24) is 4.98 Å². The van der Waals surface area contributed by atoms with Gasteiger partial charge in [-0.25, -0.2) is 4.98 Å². The van der Waals surface area contributed by atoms with E-state index in [4.69, 9.17) is 11.6 Å². The SMILES string of the molecule is CCC(C)CC(CC)Nc1cnc(C=O)c(Cl)c1.CCCCF. The number of halogens is 2. The first-order valence-electron chi connectivity index (χ1n) is 8.45. The third kappa shape index (κ3) is 9.54. The molecule has 0 saturated heterocycles. The molecule has 0 radical (unpaired) electrons. The topological polar surface area (TPSA) is 42.0 Å². The molecule has 0 aliphatic rings. The average Bonchev–Trinajstić information content (AvgIpc) is 2.55. The van der Waals surface area contributed by atoms with Crippen molar-refractivity contribution >= 4 is 23.6 Å². The van der Waals surface area contributed by atoms with E-state index in [0.29, 0.717) is 23.3 Å². The van der Waals surface area contributed by atoms with Crippen LogP contribution in [0.15, 0.2) is 12.3 Å². The van der Waals surface area contributed by atoms with Gasteiger partial charge in [0.25, 0.3) is 0 Å². The maximum atomic E-state index is 11.0. The molecule has 0 spiro atoms. The molecule has 0 aliphatic carbocycles. The smallest absolute Gasteiger partial charge is 0.169 e. The summed E-state index contributed by atoms with van der Waals surface area (Å²) in [7, 11) is 0. The molecule has 1 aromatic rings. The second-order valence-corrected chi connectivity index (χ2v) is 6.16. The van der Waals surface area contributed by atoms with Crippen LogP contribution in [0.2, 0.25) is 5.02 Å². The monoisotopic (exact) mass is 344 g/mol. The number of rotatable bonds is 9. The normalized spacial score (nSPS) is 12.8. The molecule has 2 unspecified atom stereocenters. The summed E-state index contributed by atoms with van der Waals surface area (Å²) in [5.74, 6) is 0.695. The zero-order valence-electron chi connectivity index (χ0n) is 14.7. The molecule has 1 N–H and O–H groups in total. The number of anilines is 1. The molecule has 1 aromatic heterocycles. The molecule has 0 amide bonds. The van der Waals surface area contributed by atoms with Crippen molar-refractivity contribution in [1.29, 1.82) is 0 Å². The highest BCUT2D eigenvalue weighted by atomic mass is 35.5. The Morgan fingerprint density at radius 2 is 2.04 bits per heavy atom. The molecular formula is C18H30ClFN2O. The third-order valence-electron chi connectivity index (χ3n) is 3.72. The number of pyridine rings is 1. The molecule has 5 heteroatoms. The molecule has 3 nitrogen and oxygen atoms in total. The number of carbonyl (C=O) groups excluding carboxylic acids is 1. The van der Waals surface area contributed by atoms with Crippen LogP contribution < -0.4 is 5.32 Å². The van der Waals surface area contributed by atoms with Crippen LogP contribution in [-0.4, -0.2) is 24.0 Å². The van der Waals surface area contributed by atoms with Gasteiger partial charge in [0.1, 0.15) is 5.69 Å². The Morgan fingerprint density at radius 3 is 2.43 bits per heavy atom. The van der Waals surface area contributed by atoms with Gasteiger partial charge in [0.05, 0.1) is 23.6 Å². The van der Waals surface area contributed by atoms with E-state index in [9.17, 15) is 9.18 Å². The van der Waals surface area contributed by atoms with Gasteiger partial charge in [-0.15, -0.1) is 0 Å². The molecule has 0 aromatic carbocycles. The third-order valence-corrected chi connectivity index (χ3v) is 4.02. The van der Waals surface area contributed by atoms with E-state index in [0.717, 1.165) is 31.4 Å². The number of aromatic nitrogens is 1. The number of aldehydes is 1. The Labute approximate surface area is 145 Å². The summed E-state index contributed by atoms with van der Waals surface area (Å²) in [4.78, 5) is 14.7. The van der Waals surface area contributed by atoms with Crippen LogP contribution in [0, 0.1) is 5.92 Å². The zero-order valence-corrected chi connectivity index (χ0v) is 15.5. The van der Waals surface area contributed by atoms with E-state index in [-0.39, 0.29) is 12.4 Å². The minimum absolute atomic E-state index is 0.156. The summed E-state index contributed by atoms with van der Waals surface area (Å²) in [5.41, 5.74) is 1.16. The number of nitrogens with one attached hydrogen (secondary N) is 1. The first-order chi connectivity index (χ1) is 11.0. The fourth-order valence-electron chi connectivity index (χ4n) is 1.96. The van der Waals surface area contributed by atoms with Crippen LogP contribution in [0.4, 0.5) is 10.1 Å². The number of alkyl halides is 1. The summed E-state index contributed by atoms with van der Waals surface area (Å²) in [5, 5.41) is 3.82. The molecule has 23 heavy (non-hydrogen) atoms. The van der Waals surface area contributed by atoms with Gasteiger partial charge < -0.3 is 5.32 Å². The second-order valence-electron chi connectivity index (χ2n) is 5.75. The van der Waals surface area contributed by atoms with Crippen molar-refractivity contribution in [2.24, 2.45) is 5.92 Å². The van der Waals surface area contributed by atoms with E-state index >= 15 is 0 Å². The van der Waals surface area contributed by atoms with Crippen LogP contribution in [0.5, 0.6) is 0 Å². The standard InChI is InChI=1S/C14H21ClN2O.C4H9F/c1-4-10(3)6-11(5-2)17-12-7-13(15)14(9-18)16-8-12;1-2-3-4-5/h7-11,17H,4-6H2,1-3H3;2-4H2,1H3. The predicted molar refractivity (Wildman–Crippen MR) is 97.3 cm³/mol. The highest BCUT2D eigenvalue weighted by Crippen LogP contribution is 2.20. The van der Waals surface area contributed by atoms with Gasteiger partial charge in [0.15, 0.2) is 6.29 Å². The van der Waals surface area contributed by atoms with Crippen molar-refractivity contribution < 1.29 is 9.18 Å². The molecule has 0 saturated carbocycles. The number of hydrogen-bond acceptors (Lipinski definition) is 3. The average molecular weight is 345 g/mol. The summed E-state index contributed by atoms with van der Waals surface area (Å²) < 4.78 is 11.0. The first kappa shape index (κ1) is 21.8. The summed E-state index contributed by atoms with van der Waals surface area (Å²) >= 11 is 5.96. The number of nitrogens with zero attached hydrogens (tertiary/aromatic N) is 1. The Hall–Kier alpha value is -1.16. The Balaban J connectivity index is 0.000000841. The van der Waals surface area contributed by atoms with E-state index in [2.05, 4.69) is 31.1 Å². The molecule has 0 bridgehead atoms. The van der Waals surface area contributed by atoms with Crippen LogP contribution >= 0.6 is 11.6 Å². The summed E-state index contributed by atoms with van der Waals surface area (Å²) in [6.45, 7) is 8.44. The van der Waals surface area contributed by atoms with Crippen molar-refractivity contribution in [3.05, 3.63) is 23.0 Å². The van der Waals surface area contributed by atoms with Crippen molar-refractivity contribution in [2.45, 2.75) is 65.8 Å². The molecule has 1 heterocycles. The molecule has 132 valence electrons. The summed E-state index contributed by atoms with van der Waals surface area (Å²) in [6.07, 6.45) is 7.38. The van der Waals surface area contributed by atoms with Crippen molar-refractivity contribution in [3.8, 4) is 0 Å². The van der Waals surface area contributed by atoms with Crippen molar-refractivity contribution in [3.63, 3.8) is 0 Å². The maximum absolute atomic E-state index is 11.0. The van der Waals surface area contributed by atoms with Gasteiger partial charge in [0, 0.05) is 6.04 Å². The fourth-order valence-corrected chi connectivity index (χ4v) is 2.17.